The highest BCUT2D eigenvalue weighted by molar-refractivity contribution is 7.13. The Morgan fingerprint density at radius 1 is 0.908 bits per heavy atom. The fraction of sp³-hybridized carbons (Fsp3) is 0.544. The number of aromatic nitrogens is 5. The molecule has 5 heterocycles. The summed E-state index contributed by atoms with van der Waals surface area (Å²) in [5.41, 5.74) is 5.76. The molecule has 3 fully saturated rings. The first-order valence-electron chi connectivity index (χ1n) is 26.9. The minimum Gasteiger partial charge on any atom is -0.391 e. The number of nitrogens with zero attached hydrogens (tertiary/aromatic N) is 6. The topological polar surface area (TPSA) is 208 Å². The number of carbonyl (C=O) groups excluding carboxylic acids is 5. The zero-order chi connectivity index (χ0) is 54.1. The number of anilines is 1. The molecule has 0 bridgehead atoms. The lowest BCUT2D eigenvalue weighted by Crippen LogP contribution is -2.57. The van der Waals surface area contributed by atoms with E-state index in [1.165, 1.54) is 4.90 Å². The summed E-state index contributed by atoms with van der Waals surface area (Å²) in [6.45, 7) is 12.2. The number of alkyl halides is 2. The molecule has 2 saturated heterocycles. The summed E-state index contributed by atoms with van der Waals surface area (Å²) < 4.78 is 30.8. The quantitative estimate of drug-likeness (QED) is 0.0446. The van der Waals surface area contributed by atoms with Gasteiger partial charge in [-0.2, -0.15) is 10.2 Å². The minimum atomic E-state index is -2.76. The Morgan fingerprint density at radius 3 is 2.26 bits per heavy atom. The van der Waals surface area contributed by atoms with E-state index in [0.717, 1.165) is 65.8 Å². The molecule has 1 saturated carbocycles. The molecular formula is C57H72F2N10O6S. The second-order valence-electron chi connectivity index (χ2n) is 22.9. The number of carbonyl (C=O) groups is 5. The van der Waals surface area contributed by atoms with Crippen LogP contribution in [0.1, 0.15) is 149 Å². The number of nitrogens with one attached hydrogen (secondary N) is 4. The number of rotatable bonds is 21. The summed E-state index contributed by atoms with van der Waals surface area (Å²) >= 11 is 1.58. The van der Waals surface area contributed by atoms with E-state index in [-0.39, 0.29) is 79.6 Å². The number of aryl methyl sites for hydroxylation is 1. The number of aliphatic hydroxyl groups is 1. The van der Waals surface area contributed by atoms with Gasteiger partial charge in [-0.1, -0.05) is 114 Å². The van der Waals surface area contributed by atoms with Crippen LogP contribution in [-0.2, 0) is 32.0 Å². The molecule has 76 heavy (non-hydrogen) atoms. The Kier molecular flexibility index (Phi) is 16.0. The highest BCUT2D eigenvalue weighted by Crippen LogP contribution is 2.70. The molecule has 5 N–H and O–H groups in total. The monoisotopic (exact) mass is 1060 g/mol. The van der Waals surface area contributed by atoms with Gasteiger partial charge in [0.15, 0.2) is 5.69 Å². The van der Waals surface area contributed by atoms with Crippen molar-refractivity contribution in [1.29, 1.82) is 0 Å². The van der Waals surface area contributed by atoms with Crippen LogP contribution in [0.3, 0.4) is 0 Å². The van der Waals surface area contributed by atoms with Crippen LogP contribution >= 0.6 is 11.3 Å². The Morgan fingerprint density at radius 2 is 1.59 bits per heavy atom. The molecular weight excluding hydrogens is 991 g/mol. The molecule has 16 nitrogen and oxygen atoms in total. The normalized spacial score (nSPS) is 21.9. The maximum Gasteiger partial charge on any atom is 0.276 e. The molecule has 0 radical (unpaired) electrons. The van der Waals surface area contributed by atoms with Crippen molar-refractivity contribution in [2.45, 2.75) is 155 Å². The van der Waals surface area contributed by atoms with E-state index in [2.05, 4.69) is 36.2 Å². The number of fused-ring (bicyclic) bond motifs is 2. The zero-order valence-corrected chi connectivity index (χ0v) is 45.2. The van der Waals surface area contributed by atoms with E-state index in [9.17, 15) is 37.9 Å². The van der Waals surface area contributed by atoms with E-state index >= 15 is 0 Å². The Balaban J connectivity index is 0.668. The van der Waals surface area contributed by atoms with Gasteiger partial charge in [-0.05, 0) is 55.2 Å². The molecule has 0 unspecified atom stereocenters. The van der Waals surface area contributed by atoms with Crippen molar-refractivity contribution in [1.82, 2.24) is 45.4 Å². The van der Waals surface area contributed by atoms with Gasteiger partial charge in [0.25, 0.3) is 11.8 Å². The molecule has 0 spiro atoms. The van der Waals surface area contributed by atoms with Crippen LogP contribution in [0.25, 0.3) is 10.4 Å². The van der Waals surface area contributed by atoms with Crippen LogP contribution in [0, 0.1) is 29.6 Å². The number of unbranched alkanes of at least 4 members (excludes halogenated alkanes) is 6. The lowest BCUT2D eigenvalue weighted by atomic mass is 9.85. The highest BCUT2D eigenvalue weighted by atomic mass is 32.1. The molecule has 3 aromatic heterocycles. The number of amides is 5. The van der Waals surface area contributed by atoms with Crippen LogP contribution in [0.2, 0.25) is 0 Å². The Labute approximate surface area is 447 Å². The second kappa shape index (κ2) is 22.3. The van der Waals surface area contributed by atoms with Gasteiger partial charge in [0.2, 0.25) is 23.6 Å². The first-order chi connectivity index (χ1) is 36.2. The van der Waals surface area contributed by atoms with Gasteiger partial charge in [0, 0.05) is 80.0 Å². The number of benzene rings is 2. The maximum atomic E-state index is 14.5. The van der Waals surface area contributed by atoms with E-state index in [1.807, 2.05) is 104 Å². The van der Waals surface area contributed by atoms with Crippen LogP contribution < -0.4 is 16.0 Å². The van der Waals surface area contributed by atoms with Crippen LogP contribution in [0.4, 0.5) is 14.5 Å². The van der Waals surface area contributed by atoms with Crippen molar-refractivity contribution in [2.75, 3.05) is 25.0 Å². The standard InChI is InChI=1S/C57H72F2N10O6S/c1-34(36-21-23-38(24-22-36)50-35(2)60-33-76-50)62-52(73)44-25-41(70)32-68(44)54(75)51(55(3,4)5)64-46(71)19-15-10-8-7-9-11-16-20-47(72)67-29-39(30-67)49(37-17-13-12-14-18-37)69-31-40(28-61-69)63-53(74)48-42-26-45-56(6,57(45,58)59)27-43(42)65-66-48/h12-14,17-18,21-24,28,31,33-34,39,41,44-45,49,51,70H,7-11,15-16,19-20,25-27,29-30,32H2,1-6H3,(H,62,73)(H,63,74)(H,64,71)(H,65,66)/t34-,41+,44-,45-,49+,51+,56+/m0/s1. The average Bonchev–Trinajstić information content (AvgIpc) is 4.20. The highest BCUT2D eigenvalue weighted by Gasteiger charge is 2.78. The van der Waals surface area contributed by atoms with Gasteiger partial charge in [-0.15, -0.1) is 11.3 Å². The number of aliphatic hydroxyl groups excluding tert-OH is 1. The summed E-state index contributed by atoms with van der Waals surface area (Å²) in [7, 11) is 0. The summed E-state index contributed by atoms with van der Waals surface area (Å²) in [5, 5.41) is 31.2. The Hall–Kier alpha value is -6.34. The van der Waals surface area contributed by atoms with Gasteiger partial charge in [0.1, 0.15) is 12.1 Å². The molecule has 4 aliphatic rings. The lowest BCUT2D eigenvalue weighted by molar-refractivity contribution is -0.144. The fourth-order valence-corrected chi connectivity index (χ4v) is 12.4. The van der Waals surface area contributed by atoms with E-state index < -0.39 is 46.8 Å². The molecule has 5 aromatic rings. The minimum absolute atomic E-state index is 0.00640. The molecule has 2 aromatic carbocycles. The molecule has 7 atom stereocenters. The second-order valence-corrected chi connectivity index (χ2v) is 23.8. The van der Waals surface area contributed by atoms with Crippen LogP contribution in [0.5, 0.6) is 0 Å². The average molecular weight is 1060 g/mol. The van der Waals surface area contributed by atoms with Gasteiger partial charge in [0.05, 0.1) is 46.2 Å². The smallest absolute Gasteiger partial charge is 0.276 e. The molecule has 2 aliphatic carbocycles. The van der Waals surface area contributed by atoms with Gasteiger partial charge < -0.3 is 30.9 Å². The van der Waals surface area contributed by atoms with E-state index in [4.69, 9.17) is 0 Å². The van der Waals surface area contributed by atoms with Crippen molar-refractivity contribution in [2.24, 2.45) is 22.7 Å². The number of hydrogen-bond donors (Lipinski definition) is 5. The number of hydrogen-bond acceptors (Lipinski definition) is 10. The first-order valence-corrected chi connectivity index (χ1v) is 27.8. The first kappa shape index (κ1) is 54.4. The third-order valence-corrected chi connectivity index (χ3v) is 17.3. The lowest BCUT2D eigenvalue weighted by Gasteiger charge is -2.43. The summed E-state index contributed by atoms with van der Waals surface area (Å²) in [4.78, 5) is 76.5. The molecule has 2 aliphatic heterocycles. The number of H-pyrrole nitrogens is 1. The van der Waals surface area contributed by atoms with Crippen molar-refractivity contribution in [3.05, 3.63) is 106 Å². The van der Waals surface area contributed by atoms with Gasteiger partial charge in [-0.25, -0.2) is 13.8 Å². The van der Waals surface area contributed by atoms with Gasteiger partial charge >= 0.3 is 0 Å². The number of β-amino-alcohol motifs (C(OH)–C–C–N with tert-alkyl or cyclic N) is 1. The van der Waals surface area contributed by atoms with Crippen LogP contribution in [0.15, 0.2) is 72.5 Å². The third kappa shape index (κ3) is 11.5. The Bertz CT molecular complexity index is 2890. The predicted octanol–water partition coefficient (Wildman–Crippen LogP) is 8.59. The molecule has 9 rings (SSSR count). The number of aromatic amines is 1. The van der Waals surface area contributed by atoms with Crippen molar-refractivity contribution in [3.8, 4) is 10.4 Å². The van der Waals surface area contributed by atoms with Crippen molar-refractivity contribution < 1.29 is 37.9 Å². The number of halogens is 2. The predicted molar refractivity (Wildman–Crippen MR) is 285 cm³/mol. The van der Waals surface area contributed by atoms with Crippen molar-refractivity contribution in [3.63, 3.8) is 0 Å². The zero-order valence-electron chi connectivity index (χ0n) is 44.4. The largest absolute Gasteiger partial charge is 0.391 e. The fourth-order valence-electron chi connectivity index (χ4n) is 11.6. The van der Waals surface area contributed by atoms with Crippen molar-refractivity contribution >= 4 is 46.6 Å². The van der Waals surface area contributed by atoms with E-state index in [0.29, 0.717) is 42.9 Å². The van der Waals surface area contributed by atoms with Crippen LogP contribution in [-0.4, -0.2) is 113 Å². The molecule has 19 heteroatoms. The number of thiazole rings is 1. The van der Waals surface area contributed by atoms with Gasteiger partial charge in [-0.3, -0.25) is 33.8 Å². The maximum absolute atomic E-state index is 14.5. The molecule has 406 valence electrons. The number of likely N-dealkylation sites (tertiary alicyclic amines) is 2. The summed E-state index contributed by atoms with van der Waals surface area (Å²) in [5.74, 6) is -4.78. The summed E-state index contributed by atoms with van der Waals surface area (Å²) in [6, 6.07) is 15.6. The van der Waals surface area contributed by atoms with E-state index in [1.54, 1.807) is 30.7 Å². The summed E-state index contributed by atoms with van der Waals surface area (Å²) in [6.07, 6.45) is 9.70. The SMILES string of the molecule is Cc1ncsc1-c1ccc([C@H](C)NC(=O)[C@@H]2C[C@@H](O)CN2C(=O)[C@@H](NC(=O)CCCCCCCCCC(=O)N2CC([C@@H](c3ccccc3)n3cc(NC(=O)c4n[nH]c5c4C[C@@H]4C(F)(F)[C@]4(C)C5)cn3)C2)C(C)(C)C)cc1. The third-order valence-electron chi connectivity index (χ3n) is 16.4. The molecule has 5 amide bonds.